The van der Waals surface area contributed by atoms with Crippen LogP contribution in [0.2, 0.25) is 5.02 Å². The van der Waals surface area contributed by atoms with Gasteiger partial charge in [-0.2, -0.15) is 0 Å². The first-order valence-electron chi connectivity index (χ1n) is 8.58. The highest BCUT2D eigenvalue weighted by Crippen LogP contribution is 2.20. The topological polar surface area (TPSA) is 42.8 Å². The second kappa shape index (κ2) is 7.89. The Morgan fingerprint density at radius 3 is 2.56 bits per heavy atom. The summed E-state index contributed by atoms with van der Waals surface area (Å²) in [7, 11) is 1.67. The predicted octanol–water partition coefficient (Wildman–Crippen LogP) is 2.84. The molecule has 1 aliphatic carbocycles. The van der Waals surface area contributed by atoms with E-state index in [4.69, 9.17) is 16.3 Å². The van der Waals surface area contributed by atoms with E-state index in [2.05, 4.69) is 17.4 Å². The highest BCUT2D eigenvalue weighted by Gasteiger charge is 2.34. The molecule has 1 amide bonds. The summed E-state index contributed by atoms with van der Waals surface area (Å²) in [5.74, 6) is 0.897. The van der Waals surface area contributed by atoms with Crippen molar-refractivity contribution in [3.8, 4) is 5.75 Å². The number of quaternary nitrogens is 1. The lowest BCUT2D eigenvalue weighted by Gasteiger charge is -2.19. The summed E-state index contributed by atoms with van der Waals surface area (Å²) in [6, 6.07) is 14.2. The summed E-state index contributed by atoms with van der Waals surface area (Å²) >= 11 is 5.97. The minimum Gasteiger partial charge on any atom is -0.497 e. The molecule has 2 N–H and O–H groups in total. The van der Waals surface area contributed by atoms with E-state index in [0.717, 1.165) is 23.5 Å². The van der Waals surface area contributed by atoms with E-state index in [-0.39, 0.29) is 5.91 Å². The number of nitrogens with one attached hydrogen (secondary N) is 2. The van der Waals surface area contributed by atoms with E-state index < -0.39 is 0 Å². The quantitative estimate of drug-likeness (QED) is 0.798. The van der Waals surface area contributed by atoms with Crippen LogP contribution in [0.4, 0.5) is 5.69 Å². The SMILES string of the molecule is COc1ccc(C[NH+](CC(=O)Nc2ccc(Cl)cc2C)C2CC2)cc1. The summed E-state index contributed by atoms with van der Waals surface area (Å²) < 4.78 is 5.20. The molecule has 132 valence electrons. The maximum Gasteiger partial charge on any atom is 0.279 e. The lowest BCUT2D eigenvalue weighted by Crippen LogP contribution is -3.13. The van der Waals surface area contributed by atoms with Gasteiger partial charge in [-0.25, -0.2) is 0 Å². The number of anilines is 1. The zero-order chi connectivity index (χ0) is 17.8. The fourth-order valence-electron chi connectivity index (χ4n) is 3.02. The number of methoxy groups -OCH3 is 1. The van der Waals surface area contributed by atoms with Crippen LogP contribution in [0.1, 0.15) is 24.0 Å². The number of carbonyl (C=O) groups is 1. The van der Waals surface area contributed by atoms with E-state index >= 15 is 0 Å². The molecule has 0 heterocycles. The van der Waals surface area contributed by atoms with Gasteiger partial charge in [-0.15, -0.1) is 0 Å². The number of rotatable bonds is 7. The van der Waals surface area contributed by atoms with Gasteiger partial charge in [-0.3, -0.25) is 4.79 Å². The monoisotopic (exact) mass is 359 g/mol. The van der Waals surface area contributed by atoms with E-state index in [1.165, 1.54) is 23.3 Å². The minimum atomic E-state index is 0.0424. The fourth-order valence-corrected chi connectivity index (χ4v) is 3.24. The third kappa shape index (κ3) is 4.97. The van der Waals surface area contributed by atoms with Gasteiger partial charge in [0.05, 0.1) is 13.2 Å². The van der Waals surface area contributed by atoms with Gasteiger partial charge in [0.25, 0.3) is 5.91 Å². The largest absolute Gasteiger partial charge is 0.497 e. The van der Waals surface area contributed by atoms with Crippen LogP contribution in [0.15, 0.2) is 42.5 Å². The number of carbonyl (C=O) groups excluding carboxylic acids is 1. The number of amides is 1. The van der Waals surface area contributed by atoms with Gasteiger partial charge >= 0.3 is 0 Å². The van der Waals surface area contributed by atoms with E-state index in [1.54, 1.807) is 13.2 Å². The number of halogens is 1. The number of hydrogen-bond donors (Lipinski definition) is 2. The standard InChI is InChI=1S/C20H23ClN2O2/c1-14-11-16(21)5-10-19(14)22-20(24)13-23(17-6-7-17)12-15-3-8-18(25-2)9-4-15/h3-5,8-11,17H,6-7,12-13H2,1-2H3,(H,22,24)/p+1. The van der Waals surface area contributed by atoms with Gasteiger partial charge in [0, 0.05) is 29.1 Å². The van der Waals surface area contributed by atoms with Gasteiger partial charge in [0.1, 0.15) is 12.3 Å². The van der Waals surface area contributed by atoms with Crippen LogP contribution in [-0.2, 0) is 11.3 Å². The van der Waals surface area contributed by atoms with Crippen molar-refractivity contribution < 1.29 is 14.4 Å². The Hall–Kier alpha value is -2.04. The van der Waals surface area contributed by atoms with Crippen molar-refractivity contribution in [1.82, 2.24) is 0 Å². The molecule has 0 spiro atoms. The molecule has 1 fully saturated rings. The highest BCUT2D eigenvalue weighted by atomic mass is 35.5. The van der Waals surface area contributed by atoms with Gasteiger partial charge in [-0.05, 0) is 55.0 Å². The van der Waals surface area contributed by atoms with Gasteiger partial charge in [0.15, 0.2) is 6.54 Å². The number of ether oxygens (including phenoxy) is 1. The Morgan fingerprint density at radius 1 is 1.24 bits per heavy atom. The first kappa shape index (κ1) is 17.8. The molecule has 2 aromatic carbocycles. The van der Waals surface area contributed by atoms with Crippen LogP contribution in [0.25, 0.3) is 0 Å². The van der Waals surface area contributed by atoms with Crippen molar-refractivity contribution in [3.05, 3.63) is 58.6 Å². The molecule has 0 radical (unpaired) electrons. The fraction of sp³-hybridized carbons (Fsp3) is 0.350. The Bertz CT molecular complexity index is 742. The molecule has 0 aromatic heterocycles. The molecule has 0 aliphatic heterocycles. The third-order valence-electron chi connectivity index (χ3n) is 4.60. The second-order valence-electron chi connectivity index (χ2n) is 6.64. The molecular formula is C20H24ClN2O2+. The van der Waals surface area contributed by atoms with Crippen molar-refractivity contribution in [2.45, 2.75) is 32.4 Å². The highest BCUT2D eigenvalue weighted by molar-refractivity contribution is 6.30. The second-order valence-corrected chi connectivity index (χ2v) is 7.08. The third-order valence-corrected chi connectivity index (χ3v) is 4.83. The van der Waals surface area contributed by atoms with Gasteiger partial charge < -0.3 is 15.0 Å². The molecule has 1 saturated carbocycles. The maximum atomic E-state index is 12.5. The number of benzene rings is 2. The summed E-state index contributed by atoms with van der Waals surface area (Å²) in [6.07, 6.45) is 2.39. The average Bonchev–Trinajstić information content (AvgIpc) is 3.42. The summed E-state index contributed by atoms with van der Waals surface area (Å²) in [5.41, 5.74) is 3.02. The van der Waals surface area contributed by atoms with Crippen molar-refractivity contribution in [3.63, 3.8) is 0 Å². The predicted molar refractivity (Wildman–Crippen MR) is 100 cm³/mol. The first-order valence-corrected chi connectivity index (χ1v) is 8.96. The van der Waals surface area contributed by atoms with Crippen LogP contribution in [0.5, 0.6) is 5.75 Å². The van der Waals surface area contributed by atoms with E-state index in [1.807, 2.05) is 31.2 Å². The van der Waals surface area contributed by atoms with Crippen LogP contribution in [0, 0.1) is 6.92 Å². The average molecular weight is 360 g/mol. The molecular weight excluding hydrogens is 336 g/mol. The Labute approximate surface area is 153 Å². The molecule has 1 atom stereocenters. The summed E-state index contributed by atoms with van der Waals surface area (Å²) in [6.45, 7) is 3.27. The van der Waals surface area contributed by atoms with Gasteiger partial charge in [0.2, 0.25) is 0 Å². The Balaban J connectivity index is 1.62. The number of hydrogen-bond acceptors (Lipinski definition) is 2. The lowest BCUT2D eigenvalue weighted by molar-refractivity contribution is -0.916. The molecule has 0 saturated heterocycles. The van der Waals surface area contributed by atoms with Crippen LogP contribution < -0.4 is 15.0 Å². The number of aryl methyl sites for hydroxylation is 1. The normalized spacial score (nSPS) is 14.8. The van der Waals surface area contributed by atoms with Crippen molar-refractivity contribution in [2.75, 3.05) is 19.0 Å². The molecule has 2 aromatic rings. The van der Waals surface area contributed by atoms with Gasteiger partial charge in [-0.1, -0.05) is 11.6 Å². The molecule has 1 aliphatic rings. The molecule has 1 unspecified atom stereocenters. The van der Waals surface area contributed by atoms with Crippen molar-refractivity contribution in [2.24, 2.45) is 0 Å². The van der Waals surface area contributed by atoms with Crippen molar-refractivity contribution >= 4 is 23.2 Å². The zero-order valence-electron chi connectivity index (χ0n) is 14.6. The Morgan fingerprint density at radius 2 is 1.96 bits per heavy atom. The van der Waals surface area contributed by atoms with Crippen LogP contribution in [0.3, 0.4) is 0 Å². The summed E-state index contributed by atoms with van der Waals surface area (Å²) in [5, 5.41) is 3.70. The lowest BCUT2D eigenvalue weighted by atomic mass is 10.2. The maximum absolute atomic E-state index is 12.5. The molecule has 3 rings (SSSR count). The summed E-state index contributed by atoms with van der Waals surface area (Å²) in [4.78, 5) is 13.8. The van der Waals surface area contributed by atoms with Crippen LogP contribution >= 0.6 is 11.6 Å². The first-order chi connectivity index (χ1) is 12.0. The minimum absolute atomic E-state index is 0.0424. The molecule has 5 heteroatoms. The molecule has 0 bridgehead atoms. The smallest absolute Gasteiger partial charge is 0.279 e. The van der Waals surface area contributed by atoms with Crippen LogP contribution in [-0.4, -0.2) is 25.6 Å². The zero-order valence-corrected chi connectivity index (χ0v) is 15.4. The van der Waals surface area contributed by atoms with E-state index in [9.17, 15) is 4.79 Å². The molecule has 4 nitrogen and oxygen atoms in total. The van der Waals surface area contributed by atoms with E-state index in [0.29, 0.717) is 17.6 Å². The van der Waals surface area contributed by atoms with Crippen molar-refractivity contribution in [1.29, 1.82) is 0 Å². The molecule has 25 heavy (non-hydrogen) atoms. The Kier molecular flexibility index (Phi) is 5.61.